The molecule has 1 aromatic rings. The monoisotopic (exact) mass is 449 g/mol. The maximum Gasteiger partial charge on any atom is 0.228 e. The number of ether oxygens (including phenoxy) is 2. The van der Waals surface area contributed by atoms with Crippen LogP contribution in [0.15, 0.2) is 18.2 Å². The van der Waals surface area contributed by atoms with Gasteiger partial charge in [0.2, 0.25) is 11.8 Å². The number of nitrogens with zero attached hydrogens (tertiary/aromatic N) is 3. The molecule has 0 unspecified atom stereocenters. The van der Waals surface area contributed by atoms with Crippen molar-refractivity contribution < 1.29 is 27.5 Å². The van der Waals surface area contributed by atoms with Crippen LogP contribution in [0.3, 0.4) is 0 Å². The minimum Gasteiger partial charge on any atom is -0.486 e. The number of fused-ring (bicyclic) bond motifs is 1. The van der Waals surface area contributed by atoms with Crippen molar-refractivity contribution in [1.82, 2.24) is 9.80 Å². The predicted octanol–water partition coefficient (Wildman–Crippen LogP) is 0.142. The zero-order valence-corrected chi connectivity index (χ0v) is 18.2. The number of carbonyl (C=O) groups is 2. The average molecular weight is 450 g/mol. The number of hydrogen-bond acceptors (Lipinski definition) is 7. The molecule has 31 heavy (non-hydrogen) atoms. The maximum atomic E-state index is 13.1. The molecule has 0 spiro atoms. The molecular weight excluding hydrogens is 422 g/mol. The fraction of sp³-hybridized carbons (Fsp3) is 0.619. The van der Waals surface area contributed by atoms with E-state index in [1.54, 1.807) is 17.0 Å². The van der Waals surface area contributed by atoms with E-state index < -0.39 is 9.84 Å². The summed E-state index contributed by atoms with van der Waals surface area (Å²) in [5.74, 6) is 1.36. The lowest BCUT2D eigenvalue weighted by atomic mass is 10.1. The van der Waals surface area contributed by atoms with E-state index in [2.05, 4.69) is 4.90 Å². The molecule has 5 rings (SSSR count). The SMILES string of the molecule is O=C([C@H]1CC(=O)N(c2ccc3c(c2)OCCO3)C1)N1CCN([C@@H]2CCS(=O)(=O)C2)CC1. The Morgan fingerprint density at radius 3 is 2.48 bits per heavy atom. The first-order valence-corrected chi connectivity index (χ1v) is 12.6. The molecule has 3 saturated heterocycles. The molecular formula is C21H27N3O6S. The average Bonchev–Trinajstić information content (AvgIpc) is 3.35. The number of carbonyl (C=O) groups excluding carboxylic acids is 2. The highest BCUT2D eigenvalue weighted by Gasteiger charge is 2.39. The molecule has 0 aromatic heterocycles. The molecule has 4 aliphatic heterocycles. The van der Waals surface area contributed by atoms with Gasteiger partial charge >= 0.3 is 0 Å². The van der Waals surface area contributed by atoms with Crippen molar-refractivity contribution in [2.75, 3.05) is 62.3 Å². The number of piperazine rings is 1. The Labute approximate surface area is 181 Å². The van der Waals surface area contributed by atoms with Crippen molar-refractivity contribution in [2.24, 2.45) is 5.92 Å². The molecule has 4 aliphatic rings. The minimum atomic E-state index is -2.91. The van der Waals surface area contributed by atoms with Crippen molar-refractivity contribution in [1.29, 1.82) is 0 Å². The largest absolute Gasteiger partial charge is 0.486 e. The van der Waals surface area contributed by atoms with Crippen LogP contribution in [0.4, 0.5) is 5.69 Å². The summed E-state index contributed by atoms with van der Waals surface area (Å²) in [5, 5.41) is 0. The number of amides is 2. The van der Waals surface area contributed by atoms with Crippen LogP contribution in [-0.4, -0.2) is 93.5 Å². The van der Waals surface area contributed by atoms with Gasteiger partial charge in [-0.05, 0) is 18.6 Å². The van der Waals surface area contributed by atoms with Gasteiger partial charge in [0, 0.05) is 56.9 Å². The second kappa shape index (κ2) is 7.98. The quantitative estimate of drug-likeness (QED) is 0.648. The fourth-order valence-corrected chi connectivity index (χ4v) is 6.71. The Morgan fingerprint density at radius 1 is 1.03 bits per heavy atom. The summed E-state index contributed by atoms with van der Waals surface area (Å²) in [4.78, 5) is 31.4. The molecule has 0 N–H and O–H groups in total. The topological polar surface area (TPSA) is 96.5 Å². The number of anilines is 1. The van der Waals surface area contributed by atoms with Crippen LogP contribution < -0.4 is 14.4 Å². The standard InChI is InChI=1S/C21H27N3O6S/c25-20-11-15(13-24(20)16-1-2-18-19(12-16)30-9-8-29-18)21(26)23-6-4-22(5-7-23)17-3-10-31(27,28)14-17/h1-2,12,15,17H,3-11,13-14H2/t15-,17+/m0/s1. The van der Waals surface area contributed by atoms with Gasteiger partial charge in [0.05, 0.1) is 17.4 Å². The highest BCUT2D eigenvalue weighted by atomic mass is 32.2. The van der Waals surface area contributed by atoms with Crippen molar-refractivity contribution in [2.45, 2.75) is 18.9 Å². The molecule has 4 heterocycles. The summed E-state index contributed by atoms with van der Waals surface area (Å²) in [6.07, 6.45) is 0.881. The van der Waals surface area contributed by atoms with Crippen LogP contribution in [-0.2, 0) is 19.4 Å². The van der Waals surface area contributed by atoms with Crippen LogP contribution in [0, 0.1) is 5.92 Å². The van der Waals surface area contributed by atoms with Crippen molar-refractivity contribution in [3.63, 3.8) is 0 Å². The van der Waals surface area contributed by atoms with Crippen molar-refractivity contribution >= 4 is 27.3 Å². The van der Waals surface area contributed by atoms with E-state index in [9.17, 15) is 18.0 Å². The second-order valence-electron chi connectivity index (χ2n) is 8.65. The highest BCUT2D eigenvalue weighted by Crippen LogP contribution is 2.36. The third kappa shape index (κ3) is 4.10. The molecule has 0 aliphatic carbocycles. The molecule has 2 amide bonds. The number of benzene rings is 1. The first-order valence-electron chi connectivity index (χ1n) is 10.8. The van der Waals surface area contributed by atoms with Crippen LogP contribution in [0.5, 0.6) is 11.5 Å². The van der Waals surface area contributed by atoms with Gasteiger partial charge in [0.15, 0.2) is 21.3 Å². The van der Waals surface area contributed by atoms with E-state index >= 15 is 0 Å². The lowest BCUT2D eigenvalue weighted by Crippen LogP contribution is -2.53. The van der Waals surface area contributed by atoms with Gasteiger partial charge in [0.25, 0.3) is 0 Å². The van der Waals surface area contributed by atoms with E-state index in [1.165, 1.54) is 0 Å². The van der Waals surface area contributed by atoms with Crippen LogP contribution >= 0.6 is 0 Å². The zero-order valence-electron chi connectivity index (χ0n) is 17.4. The molecule has 168 valence electrons. The third-order valence-corrected chi connectivity index (χ3v) is 8.41. The first-order chi connectivity index (χ1) is 14.9. The second-order valence-corrected chi connectivity index (χ2v) is 10.9. The van der Waals surface area contributed by atoms with Gasteiger partial charge < -0.3 is 19.3 Å². The molecule has 0 bridgehead atoms. The fourth-order valence-electron chi connectivity index (χ4n) is 4.95. The van der Waals surface area contributed by atoms with E-state index in [0.29, 0.717) is 63.9 Å². The Hall–Kier alpha value is -2.33. The summed E-state index contributed by atoms with van der Waals surface area (Å²) in [6.45, 7) is 3.85. The van der Waals surface area contributed by atoms with Gasteiger partial charge in [-0.25, -0.2) is 8.42 Å². The lowest BCUT2D eigenvalue weighted by molar-refractivity contribution is -0.137. The lowest BCUT2D eigenvalue weighted by Gasteiger charge is -2.38. The van der Waals surface area contributed by atoms with Crippen molar-refractivity contribution in [3.05, 3.63) is 18.2 Å². The molecule has 1 aromatic carbocycles. The number of rotatable bonds is 3. The molecule has 2 atom stereocenters. The van der Waals surface area contributed by atoms with Gasteiger partial charge in [-0.3, -0.25) is 14.5 Å². The first kappa shape index (κ1) is 20.6. The van der Waals surface area contributed by atoms with Crippen LogP contribution in [0.1, 0.15) is 12.8 Å². The summed E-state index contributed by atoms with van der Waals surface area (Å²) in [7, 11) is -2.91. The summed E-state index contributed by atoms with van der Waals surface area (Å²) in [6, 6.07) is 5.50. The van der Waals surface area contributed by atoms with Gasteiger partial charge in [-0.2, -0.15) is 0 Å². The Bertz CT molecular complexity index is 989. The summed E-state index contributed by atoms with van der Waals surface area (Å²) in [5.41, 5.74) is 0.719. The maximum absolute atomic E-state index is 13.1. The Balaban J connectivity index is 1.19. The Morgan fingerprint density at radius 2 is 1.77 bits per heavy atom. The smallest absolute Gasteiger partial charge is 0.228 e. The summed E-state index contributed by atoms with van der Waals surface area (Å²) >= 11 is 0. The minimum absolute atomic E-state index is 0.00656. The van der Waals surface area contributed by atoms with E-state index in [-0.39, 0.29) is 41.7 Å². The molecule has 10 heteroatoms. The normalized spacial score (nSPS) is 28.2. The molecule has 9 nitrogen and oxygen atoms in total. The van der Waals surface area contributed by atoms with E-state index in [4.69, 9.17) is 9.47 Å². The van der Waals surface area contributed by atoms with Gasteiger partial charge in [-0.1, -0.05) is 0 Å². The van der Waals surface area contributed by atoms with Crippen LogP contribution in [0.25, 0.3) is 0 Å². The Kier molecular flexibility index (Phi) is 5.29. The highest BCUT2D eigenvalue weighted by molar-refractivity contribution is 7.91. The van der Waals surface area contributed by atoms with E-state index in [1.807, 2.05) is 11.0 Å². The molecule has 0 saturated carbocycles. The summed E-state index contributed by atoms with van der Waals surface area (Å²) < 4.78 is 34.6. The number of sulfone groups is 1. The predicted molar refractivity (Wildman–Crippen MR) is 113 cm³/mol. The van der Waals surface area contributed by atoms with Crippen molar-refractivity contribution in [3.8, 4) is 11.5 Å². The molecule has 0 radical (unpaired) electrons. The van der Waals surface area contributed by atoms with Gasteiger partial charge in [0.1, 0.15) is 13.2 Å². The van der Waals surface area contributed by atoms with Crippen LogP contribution in [0.2, 0.25) is 0 Å². The number of hydrogen-bond donors (Lipinski definition) is 0. The zero-order chi connectivity index (χ0) is 21.6. The van der Waals surface area contributed by atoms with E-state index in [0.717, 1.165) is 5.69 Å². The third-order valence-electron chi connectivity index (χ3n) is 6.66. The van der Waals surface area contributed by atoms with Gasteiger partial charge in [-0.15, -0.1) is 0 Å². The molecule has 3 fully saturated rings.